The lowest BCUT2D eigenvalue weighted by Crippen LogP contribution is -1.95. The van der Waals surface area contributed by atoms with Crippen molar-refractivity contribution in [1.82, 2.24) is 13.7 Å². The maximum absolute atomic E-state index is 2.44. The van der Waals surface area contributed by atoms with Crippen molar-refractivity contribution >= 4 is 65.4 Å². The number of hydrogen-bond acceptors (Lipinski definition) is 0. The van der Waals surface area contributed by atoms with Gasteiger partial charge in [0.2, 0.25) is 0 Å². The third-order valence-corrected chi connectivity index (χ3v) is 10.9. The number of rotatable bonds is 4. The first-order valence-corrected chi connectivity index (χ1v) is 17.9. The van der Waals surface area contributed by atoms with Crippen molar-refractivity contribution < 1.29 is 0 Å². The number of hydrogen-bond donors (Lipinski definition) is 0. The van der Waals surface area contributed by atoms with Gasteiger partial charge in [-0.2, -0.15) is 0 Å². The molecule has 0 saturated carbocycles. The minimum atomic E-state index is 1.16. The second kappa shape index (κ2) is 11.1. The molecular formula is C49H33N3. The maximum atomic E-state index is 2.44. The lowest BCUT2D eigenvalue weighted by molar-refractivity contribution is 1.16. The Morgan fingerprint density at radius 1 is 0.269 bits per heavy atom. The van der Waals surface area contributed by atoms with E-state index in [4.69, 9.17) is 0 Å². The molecule has 0 unspecified atom stereocenters. The van der Waals surface area contributed by atoms with Gasteiger partial charge in [0.25, 0.3) is 0 Å². The second-order valence-electron chi connectivity index (χ2n) is 13.9. The summed E-state index contributed by atoms with van der Waals surface area (Å²) >= 11 is 0. The summed E-state index contributed by atoms with van der Waals surface area (Å²) in [5.74, 6) is 0. The van der Waals surface area contributed by atoms with E-state index in [1.807, 2.05) is 0 Å². The Morgan fingerprint density at radius 2 is 0.654 bits per heavy atom. The summed E-state index contributed by atoms with van der Waals surface area (Å²) in [6, 6.07) is 66.6. The fourth-order valence-corrected chi connectivity index (χ4v) is 8.56. The van der Waals surface area contributed by atoms with Crippen LogP contribution in [0.5, 0.6) is 0 Å². The number of benzene rings is 8. The van der Waals surface area contributed by atoms with Gasteiger partial charge in [-0.05, 0) is 109 Å². The SMILES string of the molecule is Cc1ccc2c(c1)c1cc(-n3c4ccccc4c4cc(-c5ccc6c(c5)c5ccccc5n6-c5ccccc5)ccc43)ccc1n2-c1ccccc1. The predicted molar refractivity (Wildman–Crippen MR) is 220 cm³/mol. The van der Waals surface area contributed by atoms with Crippen LogP contribution in [0.4, 0.5) is 0 Å². The van der Waals surface area contributed by atoms with Gasteiger partial charge in [-0.15, -0.1) is 0 Å². The van der Waals surface area contributed by atoms with Crippen LogP contribution >= 0.6 is 0 Å². The topological polar surface area (TPSA) is 14.8 Å². The quantitative estimate of drug-likeness (QED) is 0.178. The molecule has 0 aliphatic heterocycles. The van der Waals surface area contributed by atoms with E-state index in [2.05, 4.69) is 203 Å². The summed E-state index contributed by atoms with van der Waals surface area (Å²) in [4.78, 5) is 0. The zero-order valence-electron chi connectivity index (χ0n) is 28.7. The molecule has 0 bridgehead atoms. The molecule has 3 nitrogen and oxygen atoms in total. The van der Waals surface area contributed by atoms with E-state index in [1.165, 1.54) is 93.5 Å². The molecule has 0 aliphatic carbocycles. The van der Waals surface area contributed by atoms with Gasteiger partial charge in [0.05, 0.1) is 33.1 Å². The highest BCUT2D eigenvalue weighted by Crippen LogP contribution is 2.40. The van der Waals surface area contributed by atoms with Crippen LogP contribution in [0, 0.1) is 6.92 Å². The van der Waals surface area contributed by atoms with Gasteiger partial charge in [-0.3, -0.25) is 0 Å². The van der Waals surface area contributed by atoms with Crippen molar-refractivity contribution in [3.8, 4) is 28.2 Å². The molecule has 0 fully saturated rings. The molecule has 0 radical (unpaired) electrons. The van der Waals surface area contributed by atoms with Gasteiger partial charge in [0.15, 0.2) is 0 Å². The summed E-state index contributed by atoms with van der Waals surface area (Å²) in [6.45, 7) is 2.18. The summed E-state index contributed by atoms with van der Waals surface area (Å²) in [5, 5.41) is 7.56. The Kier molecular flexibility index (Phi) is 6.17. The normalized spacial score (nSPS) is 11.9. The Hall–Kier alpha value is -6.84. The van der Waals surface area contributed by atoms with Crippen molar-refractivity contribution in [1.29, 1.82) is 0 Å². The molecule has 244 valence electrons. The van der Waals surface area contributed by atoms with Gasteiger partial charge >= 0.3 is 0 Å². The van der Waals surface area contributed by atoms with Crippen LogP contribution in [-0.2, 0) is 0 Å². The minimum Gasteiger partial charge on any atom is -0.309 e. The molecular weight excluding hydrogens is 631 g/mol. The molecule has 11 rings (SSSR count). The number of aryl methyl sites for hydroxylation is 1. The fraction of sp³-hybridized carbons (Fsp3) is 0.0204. The molecule has 11 aromatic rings. The fourth-order valence-electron chi connectivity index (χ4n) is 8.56. The van der Waals surface area contributed by atoms with Gasteiger partial charge in [0, 0.05) is 49.4 Å². The summed E-state index contributed by atoms with van der Waals surface area (Å²) in [7, 11) is 0. The van der Waals surface area contributed by atoms with Crippen molar-refractivity contribution in [2.24, 2.45) is 0 Å². The highest BCUT2D eigenvalue weighted by molar-refractivity contribution is 6.14. The Balaban J connectivity index is 1.10. The van der Waals surface area contributed by atoms with E-state index in [-0.39, 0.29) is 0 Å². The zero-order chi connectivity index (χ0) is 34.3. The van der Waals surface area contributed by atoms with E-state index in [9.17, 15) is 0 Å². The Bertz CT molecular complexity index is 3180. The number of aromatic nitrogens is 3. The summed E-state index contributed by atoms with van der Waals surface area (Å²) < 4.78 is 7.20. The number of para-hydroxylation sites is 4. The van der Waals surface area contributed by atoms with Crippen molar-refractivity contribution in [3.05, 3.63) is 188 Å². The molecule has 3 heterocycles. The van der Waals surface area contributed by atoms with Crippen LogP contribution < -0.4 is 0 Å². The molecule has 0 N–H and O–H groups in total. The van der Waals surface area contributed by atoms with Crippen molar-refractivity contribution in [2.75, 3.05) is 0 Å². The van der Waals surface area contributed by atoms with Crippen molar-refractivity contribution in [3.63, 3.8) is 0 Å². The minimum absolute atomic E-state index is 1.16. The average Bonchev–Trinajstić information content (AvgIpc) is 3.83. The third kappa shape index (κ3) is 4.20. The largest absolute Gasteiger partial charge is 0.309 e. The van der Waals surface area contributed by atoms with Crippen LogP contribution in [0.2, 0.25) is 0 Å². The maximum Gasteiger partial charge on any atom is 0.0542 e. The summed E-state index contributed by atoms with van der Waals surface area (Å²) in [5.41, 5.74) is 14.5. The van der Waals surface area contributed by atoms with Crippen LogP contribution in [-0.4, -0.2) is 13.7 Å². The van der Waals surface area contributed by atoms with Gasteiger partial charge in [-0.25, -0.2) is 0 Å². The summed E-state index contributed by atoms with van der Waals surface area (Å²) in [6.07, 6.45) is 0. The van der Waals surface area contributed by atoms with E-state index in [1.54, 1.807) is 0 Å². The molecule has 3 heteroatoms. The molecule has 0 amide bonds. The smallest absolute Gasteiger partial charge is 0.0542 e. The van der Waals surface area contributed by atoms with Crippen LogP contribution in [0.1, 0.15) is 5.56 Å². The molecule has 0 atom stereocenters. The Labute approximate surface area is 300 Å². The van der Waals surface area contributed by atoms with Crippen LogP contribution in [0.25, 0.3) is 93.6 Å². The number of nitrogens with zero attached hydrogens (tertiary/aromatic N) is 3. The van der Waals surface area contributed by atoms with E-state index < -0.39 is 0 Å². The predicted octanol–water partition coefficient (Wildman–Crippen LogP) is 13.0. The van der Waals surface area contributed by atoms with E-state index in [0.717, 1.165) is 5.69 Å². The monoisotopic (exact) mass is 663 g/mol. The van der Waals surface area contributed by atoms with E-state index >= 15 is 0 Å². The molecule has 8 aromatic carbocycles. The highest BCUT2D eigenvalue weighted by Gasteiger charge is 2.18. The van der Waals surface area contributed by atoms with Gasteiger partial charge in [-0.1, -0.05) is 96.6 Å². The lowest BCUT2D eigenvalue weighted by Gasteiger charge is -2.11. The van der Waals surface area contributed by atoms with Crippen LogP contribution in [0.15, 0.2) is 182 Å². The lowest BCUT2D eigenvalue weighted by atomic mass is 10.0. The Morgan fingerprint density at radius 3 is 1.19 bits per heavy atom. The molecule has 52 heavy (non-hydrogen) atoms. The first-order chi connectivity index (χ1) is 25.7. The first-order valence-electron chi connectivity index (χ1n) is 17.9. The molecule has 0 saturated heterocycles. The molecule has 0 aliphatic rings. The number of fused-ring (bicyclic) bond motifs is 9. The second-order valence-corrected chi connectivity index (χ2v) is 13.9. The van der Waals surface area contributed by atoms with E-state index in [0.29, 0.717) is 0 Å². The highest BCUT2D eigenvalue weighted by atomic mass is 15.0. The molecule has 0 spiro atoms. The van der Waals surface area contributed by atoms with Crippen LogP contribution in [0.3, 0.4) is 0 Å². The standard InChI is InChI=1S/C49H33N3/c1-32-20-24-46-40(28-32)43-31-37(23-27-49(43)51(46)36-14-6-3-7-15-36)52-45-19-11-9-17-39(45)42-30-34(22-26-48(42)52)33-21-25-47-41(29-33)38-16-8-10-18-44(38)50(47)35-12-4-2-5-13-35/h2-31H,1H3. The van der Waals surface area contributed by atoms with Crippen molar-refractivity contribution in [2.45, 2.75) is 6.92 Å². The first kappa shape index (κ1) is 28.9. The molecule has 3 aromatic heterocycles. The van der Waals surface area contributed by atoms with Gasteiger partial charge in [0.1, 0.15) is 0 Å². The average molecular weight is 664 g/mol. The van der Waals surface area contributed by atoms with Gasteiger partial charge < -0.3 is 13.7 Å². The zero-order valence-corrected chi connectivity index (χ0v) is 28.7. The third-order valence-electron chi connectivity index (χ3n) is 10.9.